The molecule has 0 heterocycles. The lowest BCUT2D eigenvalue weighted by molar-refractivity contribution is 0.600. The third kappa shape index (κ3) is 5.81. The summed E-state index contributed by atoms with van der Waals surface area (Å²) in [5, 5.41) is 3.30. The van der Waals surface area contributed by atoms with Crippen LogP contribution in [0.4, 0.5) is 0 Å². The Balaban J connectivity index is 4.16. The summed E-state index contributed by atoms with van der Waals surface area (Å²) in [6.45, 7) is 8.58. The fourth-order valence-electron chi connectivity index (χ4n) is 1.20. The average molecular weight is 196 g/mol. The summed E-state index contributed by atoms with van der Waals surface area (Å²) in [6, 6.07) is 0. The molecule has 0 aliphatic carbocycles. The van der Waals surface area contributed by atoms with Crippen molar-refractivity contribution in [2.75, 3.05) is 0 Å². The molecule has 0 saturated heterocycles. The molecule has 0 radical (unpaired) electrons. The van der Waals surface area contributed by atoms with Crippen molar-refractivity contribution in [3.63, 3.8) is 0 Å². The molecule has 0 bridgehead atoms. The molecule has 1 unspecified atom stereocenters. The van der Waals surface area contributed by atoms with Crippen LogP contribution in [0.15, 0.2) is 23.9 Å². The Kier molecular flexibility index (Phi) is 7.21. The standard InChI is InChI=1S/C12H24N2/c1-5-7-9-12(13)14-11(8-6-2)10(3)4/h7-10,12,14H,5-6,13H2,1-4H3/b9-7+,11-8+. The Labute approximate surface area is 88.3 Å². The predicted octanol–water partition coefficient (Wildman–Crippen LogP) is 2.78. The van der Waals surface area contributed by atoms with Crippen LogP contribution in [0.2, 0.25) is 0 Å². The Morgan fingerprint density at radius 2 is 1.93 bits per heavy atom. The first-order valence-corrected chi connectivity index (χ1v) is 5.50. The second-order valence-corrected chi connectivity index (χ2v) is 3.73. The molecular weight excluding hydrogens is 172 g/mol. The maximum atomic E-state index is 5.89. The van der Waals surface area contributed by atoms with Gasteiger partial charge in [-0.15, -0.1) is 0 Å². The zero-order valence-electron chi connectivity index (χ0n) is 9.88. The van der Waals surface area contributed by atoms with Crippen LogP contribution in [0.3, 0.4) is 0 Å². The third-order valence-corrected chi connectivity index (χ3v) is 1.96. The van der Waals surface area contributed by atoms with Crippen molar-refractivity contribution < 1.29 is 0 Å². The van der Waals surface area contributed by atoms with E-state index in [1.165, 1.54) is 5.70 Å². The number of hydrogen-bond acceptors (Lipinski definition) is 2. The quantitative estimate of drug-likeness (QED) is 0.506. The van der Waals surface area contributed by atoms with Crippen LogP contribution in [-0.4, -0.2) is 6.17 Å². The zero-order chi connectivity index (χ0) is 11.0. The van der Waals surface area contributed by atoms with Gasteiger partial charge in [-0.3, -0.25) is 0 Å². The van der Waals surface area contributed by atoms with Crippen LogP contribution in [-0.2, 0) is 0 Å². The number of nitrogens with one attached hydrogen (secondary N) is 1. The molecule has 0 aliphatic heterocycles. The van der Waals surface area contributed by atoms with Gasteiger partial charge in [-0.2, -0.15) is 0 Å². The topological polar surface area (TPSA) is 38.0 Å². The SMILES string of the molecule is CC/C=C/C(N)N/C(=C/CC)C(C)C. The normalized spacial score (nSPS) is 15.1. The maximum absolute atomic E-state index is 5.89. The van der Waals surface area contributed by atoms with Crippen molar-refractivity contribution in [1.82, 2.24) is 5.32 Å². The van der Waals surface area contributed by atoms with Gasteiger partial charge in [0.2, 0.25) is 0 Å². The highest BCUT2D eigenvalue weighted by atomic mass is 15.0. The molecule has 2 heteroatoms. The van der Waals surface area contributed by atoms with Gasteiger partial charge in [0.25, 0.3) is 0 Å². The Bertz CT molecular complexity index is 192. The minimum atomic E-state index is -0.0600. The van der Waals surface area contributed by atoms with Crippen LogP contribution in [0.25, 0.3) is 0 Å². The van der Waals surface area contributed by atoms with E-state index < -0.39 is 0 Å². The smallest absolute Gasteiger partial charge is 0.0932 e. The third-order valence-electron chi connectivity index (χ3n) is 1.96. The van der Waals surface area contributed by atoms with E-state index in [0.29, 0.717) is 5.92 Å². The molecule has 3 N–H and O–H groups in total. The molecule has 1 atom stereocenters. The lowest BCUT2D eigenvalue weighted by Crippen LogP contribution is -2.36. The zero-order valence-corrected chi connectivity index (χ0v) is 9.88. The highest BCUT2D eigenvalue weighted by molar-refractivity contribution is 5.06. The molecule has 82 valence electrons. The van der Waals surface area contributed by atoms with E-state index in [1.807, 2.05) is 6.08 Å². The lowest BCUT2D eigenvalue weighted by Gasteiger charge is -2.18. The molecule has 0 rings (SSSR count). The summed E-state index contributed by atoms with van der Waals surface area (Å²) in [7, 11) is 0. The molecule has 2 nitrogen and oxygen atoms in total. The van der Waals surface area contributed by atoms with Crippen LogP contribution in [0.1, 0.15) is 40.5 Å². The van der Waals surface area contributed by atoms with Crippen LogP contribution in [0.5, 0.6) is 0 Å². The second kappa shape index (κ2) is 7.63. The van der Waals surface area contributed by atoms with Crippen molar-refractivity contribution >= 4 is 0 Å². The van der Waals surface area contributed by atoms with Crippen molar-refractivity contribution in [2.24, 2.45) is 11.7 Å². The van der Waals surface area contributed by atoms with Crippen molar-refractivity contribution in [2.45, 2.75) is 46.7 Å². The molecule has 0 fully saturated rings. The van der Waals surface area contributed by atoms with E-state index in [2.05, 4.69) is 45.2 Å². The van der Waals surface area contributed by atoms with Gasteiger partial charge < -0.3 is 11.1 Å². The number of nitrogens with two attached hydrogens (primary N) is 1. The number of allylic oxidation sites excluding steroid dienone is 3. The molecular formula is C12H24N2. The van der Waals surface area contributed by atoms with Gasteiger partial charge in [-0.05, 0) is 18.8 Å². The van der Waals surface area contributed by atoms with E-state index in [9.17, 15) is 0 Å². The molecule has 0 amide bonds. The Morgan fingerprint density at radius 1 is 1.29 bits per heavy atom. The predicted molar refractivity (Wildman–Crippen MR) is 63.8 cm³/mol. The molecule has 0 aromatic rings. The molecule has 0 aliphatic rings. The molecule has 0 saturated carbocycles. The van der Waals surface area contributed by atoms with Gasteiger partial charge in [-0.25, -0.2) is 0 Å². The van der Waals surface area contributed by atoms with Gasteiger partial charge >= 0.3 is 0 Å². The fourth-order valence-corrected chi connectivity index (χ4v) is 1.20. The summed E-state index contributed by atoms with van der Waals surface area (Å²) in [4.78, 5) is 0. The van der Waals surface area contributed by atoms with E-state index in [1.54, 1.807) is 0 Å². The van der Waals surface area contributed by atoms with Gasteiger partial charge in [0.05, 0.1) is 6.17 Å². The average Bonchev–Trinajstić information content (AvgIpc) is 2.14. The summed E-state index contributed by atoms with van der Waals surface area (Å²) in [5.74, 6) is 0.510. The first kappa shape index (κ1) is 13.2. The van der Waals surface area contributed by atoms with Gasteiger partial charge in [0, 0.05) is 5.70 Å². The summed E-state index contributed by atoms with van der Waals surface area (Å²) in [5.41, 5.74) is 7.13. The Hall–Kier alpha value is -0.760. The Morgan fingerprint density at radius 3 is 2.36 bits per heavy atom. The van der Waals surface area contributed by atoms with Crippen molar-refractivity contribution in [1.29, 1.82) is 0 Å². The first-order valence-electron chi connectivity index (χ1n) is 5.50. The van der Waals surface area contributed by atoms with Gasteiger partial charge in [0.15, 0.2) is 0 Å². The minimum absolute atomic E-state index is 0.0600. The van der Waals surface area contributed by atoms with E-state index in [0.717, 1.165) is 12.8 Å². The summed E-state index contributed by atoms with van der Waals surface area (Å²) < 4.78 is 0. The van der Waals surface area contributed by atoms with Crippen LogP contribution in [0, 0.1) is 5.92 Å². The van der Waals surface area contributed by atoms with Crippen LogP contribution >= 0.6 is 0 Å². The summed E-state index contributed by atoms with van der Waals surface area (Å²) in [6.07, 6.45) is 8.31. The maximum Gasteiger partial charge on any atom is 0.0932 e. The minimum Gasteiger partial charge on any atom is -0.370 e. The van der Waals surface area contributed by atoms with Gasteiger partial charge in [-0.1, -0.05) is 45.9 Å². The van der Waals surface area contributed by atoms with E-state index in [-0.39, 0.29) is 6.17 Å². The van der Waals surface area contributed by atoms with Gasteiger partial charge in [0.1, 0.15) is 0 Å². The highest BCUT2D eigenvalue weighted by Gasteiger charge is 2.04. The lowest BCUT2D eigenvalue weighted by atomic mass is 10.1. The van der Waals surface area contributed by atoms with Crippen molar-refractivity contribution in [3.8, 4) is 0 Å². The second-order valence-electron chi connectivity index (χ2n) is 3.73. The van der Waals surface area contributed by atoms with E-state index >= 15 is 0 Å². The monoisotopic (exact) mass is 196 g/mol. The van der Waals surface area contributed by atoms with E-state index in [4.69, 9.17) is 5.73 Å². The molecule has 0 aromatic carbocycles. The molecule has 14 heavy (non-hydrogen) atoms. The van der Waals surface area contributed by atoms with Crippen molar-refractivity contribution in [3.05, 3.63) is 23.9 Å². The molecule has 0 aromatic heterocycles. The van der Waals surface area contributed by atoms with Crippen LogP contribution < -0.4 is 11.1 Å². The largest absolute Gasteiger partial charge is 0.370 e. The number of hydrogen-bond donors (Lipinski definition) is 2. The summed E-state index contributed by atoms with van der Waals surface area (Å²) >= 11 is 0. The fraction of sp³-hybridized carbons (Fsp3) is 0.667. The number of rotatable bonds is 6. The molecule has 0 spiro atoms. The highest BCUT2D eigenvalue weighted by Crippen LogP contribution is 2.07. The first-order chi connectivity index (χ1) is 6.61.